The fraction of sp³-hybridized carbons (Fsp3) is 0.364. The second-order valence-corrected chi connectivity index (χ2v) is 9.21. The number of amides is 3. The van der Waals surface area contributed by atoms with Crippen LogP contribution in [0.5, 0.6) is 0 Å². The first-order valence-electron chi connectivity index (χ1n) is 10.2. The van der Waals surface area contributed by atoms with E-state index in [4.69, 9.17) is 5.73 Å². The number of anilines is 1. The lowest BCUT2D eigenvalue weighted by molar-refractivity contribution is -0.140. The lowest BCUT2D eigenvalue weighted by Crippen LogP contribution is -2.38. The van der Waals surface area contributed by atoms with Crippen molar-refractivity contribution in [1.29, 1.82) is 0 Å². The first-order chi connectivity index (χ1) is 15.6. The predicted molar refractivity (Wildman–Crippen MR) is 115 cm³/mol. The van der Waals surface area contributed by atoms with Crippen LogP contribution in [0, 0.1) is 23.1 Å². The Morgan fingerprint density at radius 2 is 2.03 bits per heavy atom. The number of piperidine rings is 1. The summed E-state index contributed by atoms with van der Waals surface area (Å²) in [6, 6.07) is 3.01. The van der Waals surface area contributed by atoms with Crippen LogP contribution in [0.2, 0.25) is 0 Å². The highest BCUT2D eigenvalue weighted by Gasteiger charge is 2.55. The Morgan fingerprint density at radius 3 is 2.67 bits per heavy atom. The smallest absolute Gasteiger partial charge is 0.351 e. The third-order valence-electron chi connectivity index (χ3n) is 5.80. The van der Waals surface area contributed by atoms with Crippen LogP contribution in [0.15, 0.2) is 24.3 Å². The summed E-state index contributed by atoms with van der Waals surface area (Å²) >= 11 is 1.000. The second-order valence-electron chi connectivity index (χ2n) is 8.16. The molecule has 1 aromatic heterocycles. The molecule has 1 aromatic carbocycles. The fourth-order valence-electron chi connectivity index (χ4n) is 4.04. The molecule has 2 fully saturated rings. The molecule has 3 amide bonds. The van der Waals surface area contributed by atoms with Crippen LogP contribution >= 0.6 is 11.3 Å². The zero-order chi connectivity index (χ0) is 23.8. The van der Waals surface area contributed by atoms with Crippen LogP contribution in [-0.2, 0) is 6.18 Å². The monoisotopic (exact) mass is 480 g/mol. The molecule has 33 heavy (non-hydrogen) atoms. The summed E-state index contributed by atoms with van der Waals surface area (Å²) in [5.41, 5.74) is 4.12. The number of nitrogens with one attached hydrogen (secondary N) is 3. The molecule has 5 N–H and O–H groups in total. The van der Waals surface area contributed by atoms with E-state index in [9.17, 15) is 27.2 Å². The largest absolute Gasteiger partial charge is 0.419 e. The third kappa shape index (κ3) is 5.12. The molecule has 1 unspecified atom stereocenters. The Bertz CT molecular complexity index is 1160. The minimum Gasteiger partial charge on any atom is -0.351 e. The zero-order valence-electron chi connectivity index (χ0n) is 17.2. The van der Waals surface area contributed by atoms with Crippen molar-refractivity contribution in [3.63, 3.8) is 0 Å². The van der Waals surface area contributed by atoms with E-state index < -0.39 is 23.6 Å². The number of hydrogen-bond donors (Lipinski definition) is 4. The maximum atomic E-state index is 13.8. The number of rotatable bonds is 3. The van der Waals surface area contributed by atoms with E-state index in [1.807, 2.05) is 0 Å². The van der Waals surface area contributed by atoms with Crippen molar-refractivity contribution in [1.82, 2.24) is 10.6 Å². The zero-order valence-corrected chi connectivity index (χ0v) is 18.1. The standard InChI is InChI=1S/C22H20F4N4O2S/c23-15-8-12(3-5-14(15)22(24,25)26)2-4-13-9-16(29-20(27)32)18(33-13)19(31)30-17-10-21(17)6-1-7-28-11-21/h3,5,8-9,17,28H,1,6-7,10-11H2,(H,30,31)(H3,27,29,32)/t17?,21-/m0/s1. The van der Waals surface area contributed by atoms with E-state index in [1.165, 1.54) is 6.07 Å². The fourth-order valence-corrected chi connectivity index (χ4v) is 4.91. The number of alkyl halides is 3. The molecule has 1 saturated carbocycles. The average Bonchev–Trinajstić information content (AvgIpc) is 3.20. The van der Waals surface area contributed by atoms with Gasteiger partial charge in [-0.3, -0.25) is 4.79 Å². The summed E-state index contributed by atoms with van der Waals surface area (Å²) in [5, 5.41) is 8.73. The van der Waals surface area contributed by atoms with Gasteiger partial charge >= 0.3 is 12.2 Å². The molecule has 6 nitrogen and oxygen atoms in total. The Hall–Kier alpha value is -3.10. The van der Waals surface area contributed by atoms with Crippen molar-refractivity contribution >= 4 is 29.0 Å². The SMILES string of the molecule is NC(=O)Nc1cc(C#Cc2ccc(C(F)(F)F)c(F)c2)sc1C(=O)NC1C[C@]12CCCNC2. The van der Waals surface area contributed by atoms with E-state index in [0.29, 0.717) is 17.0 Å². The van der Waals surface area contributed by atoms with Crippen molar-refractivity contribution in [3.8, 4) is 11.8 Å². The normalized spacial score (nSPS) is 21.8. The molecular formula is C22H20F4N4O2S. The van der Waals surface area contributed by atoms with Gasteiger partial charge in [-0.05, 0) is 50.1 Å². The van der Waals surface area contributed by atoms with Crippen LogP contribution < -0.4 is 21.7 Å². The van der Waals surface area contributed by atoms with E-state index in [-0.39, 0.29) is 33.5 Å². The van der Waals surface area contributed by atoms with Gasteiger partial charge in [0.15, 0.2) is 0 Å². The lowest BCUT2D eigenvalue weighted by Gasteiger charge is -2.23. The quantitative estimate of drug-likeness (QED) is 0.399. The molecule has 0 bridgehead atoms. The minimum absolute atomic E-state index is 0.0333. The Morgan fingerprint density at radius 1 is 1.24 bits per heavy atom. The van der Waals surface area contributed by atoms with Gasteiger partial charge < -0.3 is 21.7 Å². The number of carbonyl (C=O) groups is 2. The van der Waals surface area contributed by atoms with Crippen molar-refractivity contribution in [2.75, 3.05) is 18.4 Å². The Kier molecular flexibility index (Phi) is 6.07. The lowest BCUT2D eigenvalue weighted by atomic mass is 9.95. The summed E-state index contributed by atoms with van der Waals surface area (Å²) in [7, 11) is 0. The van der Waals surface area contributed by atoms with Gasteiger partial charge in [-0.1, -0.05) is 11.8 Å². The summed E-state index contributed by atoms with van der Waals surface area (Å²) in [6.07, 6.45) is -1.84. The van der Waals surface area contributed by atoms with Crippen molar-refractivity contribution < 1.29 is 27.2 Å². The van der Waals surface area contributed by atoms with Gasteiger partial charge in [0, 0.05) is 23.6 Å². The van der Waals surface area contributed by atoms with Crippen molar-refractivity contribution in [3.05, 3.63) is 51.0 Å². The summed E-state index contributed by atoms with van der Waals surface area (Å²) in [6.45, 7) is 1.81. The van der Waals surface area contributed by atoms with Gasteiger partial charge in [0.1, 0.15) is 10.7 Å². The van der Waals surface area contributed by atoms with Crippen LogP contribution in [0.3, 0.4) is 0 Å². The molecule has 1 saturated heterocycles. The molecule has 1 aliphatic heterocycles. The Balaban J connectivity index is 1.53. The van der Waals surface area contributed by atoms with E-state index in [1.54, 1.807) is 0 Å². The first kappa shape index (κ1) is 23.1. The van der Waals surface area contributed by atoms with Crippen LogP contribution in [-0.4, -0.2) is 31.1 Å². The van der Waals surface area contributed by atoms with E-state index in [2.05, 4.69) is 27.8 Å². The topological polar surface area (TPSA) is 96.2 Å². The first-order valence-corrected chi connectivity index (χ1v) is 11.0. The summed E-state index contributed by atoms with van der Waals surface area (Å²) in [4.78, 5) is 24.8. The summed E-state index contributed by atoms with van der Waals surface area (Å²) in [5.74, 6) is 3.49. The number of urea groups is 1. The predicted octanol–water partition coefficient (Wildman–Crippen LogP) is 3.67. The number of halogens is 4. The molecule has 4 rings (SSSR count). The van der Waals surface area contributed by atoms with Gasteiger partial charge in [-0.2, -0.15) is 13.2 Å². The third-order valence-corrected chi connectivity index (χ3v) is 6.85. The van der Waals surface area contributed by atoms with Gasteiger partial charge in [0.2, 0.25) is 0 Å². The molecule has 11 heteroatoms. The summed E-state index contributed by atoms with van der Waals surface area (Å²) < 4.78 is 51.9. The highest BCUT2D eigenvalue weighted by atomic mass is 32.1. The van der Waals surface area contributed by atoms with Gasteiger partial charge in [0.25, 0.3) is 5.91 Å². The highest BCUT2D eigenvalue weighted by molar-refractivity contribution is 7.15. The van der Waals surface area contributed by atoms with Crippen molar-refractivity contribution in [2.24, 2.45) is 11.1 Å². The second kappa shape index (κ2) is 8.68. The number of nitrogens with two attached hydrogens (primary N) is 1. The molecule has 0 radical (unpaired) electrons. The maximum Gasteiger partial charge on any atom is 0.419 e. The van der Waals surface area contributed by atoms with Gasteiger partial charge in [0.05, 0.1) is 16.1 Å². The number of thiophene rings is 1. The maximum absolute atomic E-state index is 13.8. The van der Waals surface area contributed by atoms with E-state index >= 15 is 0 Å². The molecule has 1 aliphatic carbocycles. The number of primary amides is 1. The number of hydrogen-bond acceptors (Lipinski definition) is 4. The number of benzene rings is 1. The molecule has 2 atom stereocenters. The molecular weight excluding hydrogens is 460 g/mol. The molecule has 2 aromatic rings. The Labute approximate surface area is 190 Å². The molecule has 1 spiro atoms. The average molecular weight is 480 g/mol. The van der Waals surface area contributed by atoms with Crippen LogP contribution in [0.4, 0.5) is 28.0 Å². The molecule has 2 aliphatic rings. The molecule has 174 valence electrons. The van der Waals surface area contributed by atoms with Crippen LogP contribution in [0.25, 0.3) is 0 Å². The van der Waals surface area contributed by atoms with Gasteiger partial charge in [-0.15, -0.1) is 11.3 Å². The van der Waals surface area contributed by atoms with Crippen molar-refractivity contribution in [2.45, 2.75) is 31.5 Å². The van der Waals surface area contributed by atoms with Crippen LogP contribution in [0.1, 0.15) is 44.9 Å². The molecule has 2 heterocycles. The van der Waals surface area contributed by atoms with E-state index in [0.717, 1.165) is 49.8 Å². The number of carbonyl (C=O) groups excluding carboxylic acids is 2. The minimum atomic E-state index is -4.80. The highest BCUT2D eigenvalue weighted by Crippen LogP contribution is 2.50. The van der Waals surface area contributed by atoms with Gasteiger partial charge in [-0.25, -0.2) is 9.18 Å².